The molecule has 0 bridgehead atoms. The predicted molar refractivity (Wildman–Crippen MR) is 105 cm³/mol. The molecule has 0 spiro atoms. The first-order valence-corrected chi connectivity index (χ1v) is 8.60. The van der Waals surface area contributed by atoms with E-state index >= 15 is 0 Å². The lowest BCUT2D eigenvalue weighted by molar-refractivity contribution is 0.979. The molecule has 0 saturated carbocycles. The van der Waals surface area contributed by atoms with Crippen LogP contribution < -0.4 is 5.43 Å². The molecule has 0 fully saturated rings. The maximum absolute atomic E-state index is 13.5. The smallest absolute Gasteiger partial charge is 0.197 e. The number of fused-ring (bicyclic) bond motifs is 2. The van der Waals surface area contributed by atoms with Gasteiger partial charge in [-0.3, -0.25) is 4.79 Å². The van der Waals surface area contributed by atoms with Crippen LogP contribution in [0.4, 0.5) is 0 Å². The van der Waals surface area contributed by atoms with Crippen molar-refractivity contribution < 1.29 is 0 Å². The molecule has 0 aliphatic heterocycles. The molecule has 0 unspecified atom stereocenters. The number of aryl methyl sites for hydroxylation is 5. The van der Waals surface area contributed by atoms with Crippen molar-refractivity contribution in [2.24, 2.45) is 7.05 Å². The minimum Gasteiger partial charge on any atom is -0.343 e. The minimum atomic E-state index is 0.186. The second-order valence-corrected chi connectivity index (χ2v) is 7.34. The fourth-order valence-corrected chi connectivity index (χ4v) is 4.22. The largest absolute Gasteiger partial charge is 0.343 e. The molecular weight excluding hydrogens is 294 g/mol. The van der Waals surface area contributed by atoms with E-state index in [1.54, 1.807) is 0 Å². The average Bonchev–Trinajstić information content (AvgIpc) is 2.55. The summed E-state index contributed by atoms with van der Waals surface area (Å²) in [5.41, 5.74) is 12.0. The molecule has 2 nitrogen and oxygen atoms in total. The van der Waals surface area contributed by atoms with E-state index in [9.17, 15) is 4.79 Å². The number of hydrogen-bond donors (Lipinski definition) is 0. The van der Waals surface area contributed by atoms with E-state index in [0.29, 0.717) is 0 Å². The van der Waals surface area contributed by atoms with Gasteiger partial charge in [0, 0.05) is 17.8 Å². The Bertz CT molecular complexity index is 1010. The van der Waals surface area contributed by atoms with Crippen molar-refractivity contribution in [1.29, 1.82) is 0 Å². The van der Waals surface area contributed by atoms with Gasteiger partial charge in [-0.25, -0.2) is 0 Å². The van der Waals surface area contributed by atoms with E-state index in [-0.39, 0.29) is 5.43 Å². The zero-order chi connectivity index (χ0) is 18.1. The summed E-state index contributed by atoms with van der Waals surface area (Å²) in [5, 5.41) is 1.77. The second kappa shape index (κ2) is 5.20. The lowest BCUT2D eigenvalue weighted by Gasteiger charge is -2.22. The second-order valence-electron chi connectivity index (χ2n) is 7.34. The van der Waals surface area contributed by atoms with Gasteiger partial charge >= 0.3 is 0 Å². The molecule has 1 heterocycles. The zero-order valence-electron chi connectivity index (χ0n) is 16.4. The molecule has 3 aromatic rings. The Morgan fingerprint density at radius 3 is 1.12 bits per heavy atom. The van der Waals surface area contributed by atoms with Gasteiger partial charge in [-0.15, -0.1) is 0 Å². The Kier molecular flexibility index (Phi) is 3.63. The van der Waals surface area contributed by atoms with Crippen LogP contribution in [0.3, 0.4) is 0 Å². The first-order valence-electron chi connectivity index (χ1n) is 8.60. The molecule has 126 valence electrons. The highest BCUT2D eigenvalue weighted by Crippen LogP contribution is 2.33. The Labute approximate surface area is 144 Å². The molecule has 2 aromatic carbocycles. The summed E-state index contributed by atoms with van der Waals surface area (Å²) in [5.74, 6) is 0. The molecule has 0 saturated heterocycles. The summed E-state index contributed by atoms with van der Waals surface area (Å²) in [6.07, 6.45) is 0. The molecule has 0 N–H and O–H groups in total. The van der Waals surface area contributed by atoms with Crippen LogP contribution in [0.2, 0.25) is 0 Å². The monoisotopic (exact) mass is 321 g/mol. The topological polar surface area (TPSA) is 22.0 Å². The third-order valence-electron chi connectivity index (χ3n) is 6.43. The summed E-state index contributed by atoms with van der Waals surface area (Å²) in [7, 11) is 2.10. The van der Waals surface area contributed by atoms with Gasteiger partial charge < -0.3 is 4.57 Å². The molecular formula is C22H27NO. The van der Waals surface area contributed by atoms with E-state index in [2.05, 4.69) is 67.0 Å². The van der Waals surface area contributed by atoms with Crippen LogP contribution in [0, 0.1) is 55.4 Å². The van der Waals surface area contributed by atoms with Crippen molar-refractivity contribution in [3.8, 4) is 0 Å². The van der Waals surface area contributed by atoms with Gasteiger partial charge in [0.2, 0.25) is 0 Å². The molecule has 0 radical (unpaired) electrons. The van der Waals surface area contributed by atoms with Crippen molar-refractivity contribution >= 4 is 21.8 Å². The number of rotatable bonds is 0. The van der Waals surface area contributed by atoms with Crippen molar-refractivity contribution in [3.05, 3.63) is 54.7 Å². The van der Waals surface area contributed by atoms with E-state index in [0.717, 1.165) is 32.9 Å². The fourth-order valence-electron chi connectivity index (χ4n) is 4.22. The number of hydrogen-bond acceptors (Lipinski definition) is 1. The van der Waals surface area contributed by atoms with Crippen molar-refractivity contribution in [2.45, 2.75) is 55.4 Å². The summed E-state index contributed by atoms with van der Waals surface area (Å²) in [6.45, 7) is 17.0. The average molecular weight is 321 g/mol. The summed E-state index contributed by atoms with van der Waals surface area (Å²) in [6, 6.07) is 0. The van der Waals surface area contributed by atoms with Crippen LogP contribution in [-0.4, -0.2) is 4.57 Å². The van der Waals surface area contributed by atoms with Gasteiger partial charge in [-0.05, 0) is 99.9 Å². The molecule has 0 amide bonds. The lowest BCUT2D eigenvalue weighted by Crippen LogP contribution is -2.16. The maximum Gasteiger partial charge on any atom is 0.197 e. The quantitative estimate of drug-likeness (QED) is 0.524. The highest BCUT2D eigenvalue weighted by molar-refractivity contribution is 6.00. The molecule has 0 aliphatic rings. The number of nitrogens with zero attached hydrogens (tertiary/aromatic N) is 1. The number of aromatic nitrogens is 1. The van der Waals surface area contributed by atoms with Crippen LogP contribution in [0.5, 0.6) is 0 Å². The Balaban J connectivity index is 2.85. The maximum atomic E-state index is 13.5. The van der Waals surface area contributed by atoms with Crippen molar-refractivity contribution in [2.75, 3.05) is 0 Å². The third kappa shape index (κ3) is 1.86. The Morgan fingerprint density at radius 1 is 0.500 bits per heavy atom. The lowest BCUT2D eigenvalue weighted by atomic mass is 9.89. The van der Waals surface area contributed by atoms with Crippen LogP contribution in [0.25, 0.3) is 21.8 Å². The molecule has 3 rings (SSSR count). The van der Waals surface area contributed by atoms with Gasteiger partial charge in [0.25, 0.3) is 0 Å². The normalized spacial score (nSPS) is 11.7. The first kappa shape index (κ1) is 16.8. The number of pyridine rings is 1. The van der Waals surface area contributed by atoms with Crippen molar-refractivity contribution in [3.63, 3.8) is 0 Å². The summed E-state index contributed by atoms with van der Waals surface area (Å²) < 4.78 is 2.25. The fraction of sp³-hybridized carbons (Fsp3) is 0.409. The van der Waals surface area contributed by atoms with Crippen LogP contribution in [0.15, 0.2) is 4.79 Å². The Hall–Kier alpha value is -2.09. The van der Waals surface area contributed by atoms with E-state index in [1.165, 1.54) is 33.4 Å². The minimum absolute atomic E-state index is 0.186. The predicted octanol–water partition coefficient (Wildman–Crippen LogP) is 5.16. The van der Waals surface area contributed by atoms with Gasteiger partial charge in [0.05, 0.1) is 11.0 Å². The molecule has 0 aliphatic carbocycles. The van der Waals surface area contributed by atoms with Crippen LogP contribution in [0.1, 0.15) is 44.5 Å². The Morgan fingerprint density at radius 2 is 0.792 bits per heavy atom. The van der Waals surface area contributed by atoms with Gasteiger partial charge in [0.15, 0.2) is 5.43 Å². The summed E-state index contributed by atoms with van der Waals surface area (Å²) >= 11 is 0. The SMILES string of the molecule is Cc1c(C)c(C)c2c(c1C)c(=O)c1c(C)c(C)c(C)c(C)c1n2C. The third-order valence-corrected chi connectivity index (χ3v) is 6.43. The van der Waals surface area contributed by atoms with Crippen LogP contribution >= 0.6 is 0 Å². The standard InChI is InChI=1S/C22H27NO/c1-10-12(3)16(7)20-18(14(10)5)22(24)19-15(6)11(2)13(4)17(8)21(19)23(20)9/h1-9H3. The highest BCUT2D eigenvalue weighted by Gasteiger charge is 2.20. The molecule has 2 heteroatoms. The van der Waals surface area contributed by atoms with E-state index in [1.807, 2.05) is 0 Å². The van der Waals surface area contributed by atoms with Gasteiger partial charge in [-0.1, -0.05) is 0 Å². The number of benzene rings is 2. The van der Waals surface area contributed by atoms with Gasteiger partial charge in [-0.2, -0.15) is 0 Å². The zero-order valence-corrected chi connectivity index (χ0v) is 16.4. The van der Waals surface area contributed by atoms with E-state index < -0.39 is 0 Å². The van der Waals surface area contributed by atoms with E-state index in [4.69, 9.17) is 0 Å². The van der Waals surface area contributed by atoms with Crippen molar-refractivity contribution in [1.82, 2.24) is 4.57 Å². The highest BCUT2D eigenvalue weighted by atomic mass is 16.1. The molecule has 24 heavy (non-hydrogen) atoms. The molecule has 1 aromatic heterocycles. The van der Waals surface area contributed by atoms with Crippen LogP contribution in [-0.2, 0) is 7.05 Å². The first-order chi connectivity index (χ1) is 11.1. The van der Waals surface area contributed by atoms with Gasteiger partial charge in [0.1, 0.15) is 0 Å². The summed E-state index contributed by atoms with van der Waals surface area (Å²) in [4.78, 5) is 13.5. The molecule has 0 atom stereocenters.